The Labute approximate surface area is 124 Å². The number of carbonyl (C=O) groups is 1. The van der Waals surface area contributed by atoms with E-state index in [1.165, 1.54) is 6.26 Å². The minimum atomic E-state index is -0.350. The molecule has 0 atom stereocenters. The summed E-state index contributed by atoms with van der Waals surface area (Å²) in [6.45, 7) is 0.108. The minimum Gasteiger partial charge on any atom is -0.459 e. The third-order valence-corrected chi connectivity index (χ3v) is 3.05. The van der Waals surface area contributed by atoms with Gasteiger partial charge in [-0.25, -0.2) is 0 Å². The average Bonchev–Trinajstić information content (AvgIpc) is 3.17. The predicted molar refractivity (Wildman–Crippen MR) is 74.6 cm³/mol. The number of nitrogens with zero attached hydrogens (tertiary/aromatic N) is 2. The third-order valence-electron chi connectivity index (χ3n) is 2.72. The zero-order chi connectivity index (χ0) is 14.7. The van der Waals surface area contributed by atoms with Crippen molar-refractivity contribution in [2.24, 2.45) is 0 Å². The van der Waals surface area contributed by atoms with E-state index in [1.807, 2.05) is 12.1 Å². The standard InChI is InChI=1S/C14H10ClN3O3/c15-10-5-2-1-4-9(10)14-18-17-12(21-14)8-16-13(19)11-6-3-7-20-11/h1-7H,8H2,(H,16,19). The van der Waals surface area contributed by atoms with Gasteiger partial charge in [0.2, 0.25) is 11.8 Å². The number of amides is 1. The van der Waals surface area contributed by atoms with Crippen molar-refractivity contribution in [1.29, 1.82) is 0 Å². The summed E-state index contributed by atoms with van der Waals surface area (Å²) in [6, 6.07) is 10.4. The minimum absolute atomic E-state index is 0.108. The highest BCUT2D eigenvalue weighted by Gasteiger charge is 2.13. The Balaban J connectivity index is 1.69. The molecule has 1 aromatic carbocycles. The summed E-state index contributed by atoms with van der Waals surface area (Å²) in [4.78, 5) is 11.7. The van der Waals surface area contributed by atoms with Crippen LogP contribution in [0.4, 0.5) is 0 Å². The van der Waals surface area contributed by atoms with E-state index in [-0.39, 0.29) is 24.1 Å². The normalized spacial score (nSPS) is 10.5. The molecule has 6 nitrogen and oxygen atoms in total. The maximum Gasteiger partial charge on any atom is 0.287 e. The SMILES string of the molecule is O=C(NCc1nnc(-c2ccccc2Cl)o1)c1ccco1. The lowest BCUT2D eigenvalue weighted by molar-refractivity contribution is 0.0919. The number of nitrogens with one attached hydrogen (secondary N) is 1. The van der Waals surface area contributed by atoms with E-state index < -0.39 is 0 Å². The summed E-state index contributed by atoms with van der Waals surface area (Å²) in [5, 5.41) is 10.9. The molecule has 0 radical (unpaired) electrons. The number of furan rings is 1. The van der Waals surface area contributed by atoms with Crippen molar-refractivity contribution in [1.82, 2.24) is 15.5 Å². The highest BCUT2D eigenvalue weighted by atomic mass is 35.5. The van der Waals surface area contributed by atoms with Gasteiger partial charge in [-0.2, -0.15) is 0 Å². The summed E-state index contributed by atoms with van der Waals surface area (Å²) >= 11 is 6.05. The van der Waals surface area contributed by atoms with Crippen molar-refractivity contribution in [2.75, 3.05) is 0 Å². The summed E-state index contributed by atoms with van der Waals surface area (Å²) in [5.41, 5.74) is 0.648. The molecule has 0 spiro atoms. The first-order valence-corrected chi connectivity index (χ1v) is 6.51. The maximum atomic E-state index is 11.7. The number of aromatic nitrogens is 2. The van der Waals surface area contributed by atoms with E-state index in [2.05, 4.69) is 15.5 Å². The predicted octanol–water partition coefficient (Wildman–Crippen LogP) is 2.91. The van der Waals surface area contributed by atoms with Crippen LogP contribution in [0, 0.1) is 0 Å². The number of carbonyl (C=O) groups excluding carboxylic acids is 1. The molecule has 0 unspecified atom stereocenters. The van der Waals surface area contributed by atoms with Gasteiger partial charge in [-0.05, 0) is 24.3 Å². The molecule has 0 saturated heterocycles. The van der Waals surface area contributed by atoms with Crippen LogP contribution in [0.1, 0.15) is 16.4 Å². The van der Waals surface area contributed by atoms with Gasteiger partial charge in [-0.3, -0.25) is 4.79 Å². The molecule has 3 rings (SSSR count). The molecule has 0 aliphatic carbocycles. The van der Waals surface area contributed by atoms with Crippen molar-refractivity contribution in [3.8, 4) is 11.5 Å². The Kier molecular flexibility index (Phi) is 3.70. The molecule has 0 bridgehead atoms. The molecule has 7 heteroatoms. The molecule has 2 heterocycles. The molecule has 0 fully saturated rings. The molecule has 1 amide bonds. The fraction of sp³-hybridized carbons (Fsp3) is 0.0714. The molecule has 106 valence electrons. The van der Waals surface area contributed by atoms with Crippen LogP contribution >= 0.6 is 11.6 Å². The van der Waals surface area contributed by atoms with Crippen LogP contribution in [0.15, 0.2) is 51.5 Å². The van der Waals surface area contributed by atoms with Gasteiger partial charge in [-0.15, -0.1) is 10.2 Å². The van der Waals surface area contributed by atoms with E-state index in [4.69, 9.17) is 20.4 Å². The molecular formula is C14H10ClN3O3. The summed E-state index contributed by atoms with van der Waals surface area (Å²) in [5.74, 6) is 0.464. The Morgan fingerprint density at radius 2 is 2.05 bits per heavy atom. The summed E-state index contributed by atoms with van der Waals surface area (Å²) in [7, 11) is 0. The smallest absolute Gasteiger partial charge is 0.287 e. The lowest BCUT2D eigenvalue weighted by Gasteiger charge is -1.99. The molecule has 0 saturated carbocycles. The molecule has 21 heavy (non-hydrogen) atoms. The van der Waals surface area contributed by atoms with Crippen LogP contribution in [-0.4, -0.2) is 16.1 Å². The number of rotatable bonds is 4. The van der Waals surface area contributed by atoms with Crippen molar-refractivity contribution < 1.29 is 13.6 Å². The van der Waals surface area contributed by atoms with Gasteiger partial charge < -0.3 is 14.2 Å². The first-order chi connectivity index (χ1) is 10.2. The monoisotopic (exact) mass is 303 g/mol. The quantitative estimate of drug-likeness (QED) is 0.801. The van der Waals surface area contributed by atoms with Crippen molar-refractivity contribution in [2.45, 2.75) is 6.54 Å². The number of halogens is 1. The maximum absolute atomic E-state index is 11.7. The third kappa shape index (κ3) is 2.95. The van der Waals surface area contributed by atoms with Gasteiger partial charge in [0.05, 0.1) is 23.4 Å². The van der Waals surface area contributed by atoms with Crippen LogP contribution in [0.2, 0.25) is 5.02 Å². The lowest BCUT2D eigenvalue weighted by Crippen LogP contribution is -2.22. The van der Waals surface area contributed by atoms with Crippen LogP contribution in [0.3, 0.4) is 0 Å². The number of hydrogen-bond donors (Lipinski definition) is 1. The fourth-order valence-corrected chi connectivity index (χ4v) is 1.94. The Morgan fingerprint density at radius 3 is 2.81 bits per heavy atom. The van der Waals surface area contributed by atoms with E-state index in [0.29, 0.717) is 16.5 Å². The molecule has 0 aliphatic rings. The summed E-state index contributed by atoms with van der Waals surface area (Å²) in [6.07, 6.45) is 1.43. The van der Waals surface area contributed by atoms with Gasteiger partial charge in [0.1, 0.15) is 0 Å². The highest BCUT2D eigenvalue weighted by molar-refractivity contribution is 6.33. The molecule has 1 N–H and O–H groups in total. The second kappa shape index (κ2) is 5.80. The van der Waals surface area contributed by atoms with Gasteiger partial charge in [0, 0.05) is 0 Å². The second-order valence-electron chi connectivity index (χ2n) is 4.14. The van der Waals surface area contributed by atoms with E-state index in [1.54, 1.807) is 24.3 Å². The molecule has 3 aromatic rings. The van der Waals surface area contributed by atoms with Crippen molar-refractivity contribution >= 4 is 17.5 Å². The van der Waals surface area contributed by atoms with Gasteiger partial charge in [0.25, 0.3) is 5.91 Å². The molecule has 2 aromatic heterocycles. The van der Waals surface area contributed by atoms with Gasteiger partial charge in [-0.1, -0.05) is 23.7 Å². The van der Waals surface area contributed by atoms with Crippen molar-refractivity contribution in [3.05, 3.63) is 59.3 Å². The Morgan fingerprint density at radius 1 is 1.19 bits per heavy atom. The number of benzene rings is 1. The zero-order valence-corrected chi connectivity index (χ0v) is 11.5. The van der Waals surface area contributed by atoms with Crippen LogP contribution in [0.25, 0.3) is 11.5 Å². The van der Waals surface area contributed by atoms with E-state index in [0.717, 1.165) is 0 Å². The first kappa shape index (κ1) is 13.4. The zero-order valence-electron chi connectivity index (χ0n) is 10.7. The van der Waals surface area contributed by atoms with Crippen molar-refractivity contribution in [3.63, 3.8) is 0 Å². The Bertz CT molecular complexity index is 752. The van der Waals surface area contributed by atoms with E-state index in [9.17, 15) is 4.79 Å². The van der Waals surface area contributed by atoms with Gasteiger partial charge >= 0.3 is 0 Å². The lowest BCUT2D eigenvalue weighted by atomic mass is 10.2. The fourth-order valence-electron chi connectivity index (χ4n) is 1.72. The molecular weight excluding hydrogens is 294 g/mol. The number of hydrogen-bond acceptors (Lipinski definition) is 5. The first-order valence-electron chi connectivity index (χ1n) is 6.13. The van der Waals surface area contributed by atoms with E-state index >= 15 is 0 Å². The van der Waals surface area contributed by atoms with Crippen LogP contribution < -0.4 is 5.32 Å². The van der Waals surface area contributed by atoms with Crippen LogP contribution in [-0.2, 0) is 6.54 Å². The molecule has 0 aliphatic heterocycles. The topological polar surface area (TPSA) is 81.2 Å². The van der Waals surface area contributed by atoms with Crippen LogP contribution in [0.5, 0.6) is 0 Å². The highest BCUT2D eigenvalue weighted by Crippen LogP contribution is 2.26. The second-order valence-corrected chi connectivity index (χ2v) is 4.55. The summed E-state index contributed by atoms with van der Waals surface area (Å²) < 4.78 is 10.4. The average molecular weight is 304 g/mol. The Hall–Kier alpha value is -2.60. The van der Waals surface area contributed by atoms with Gasteiger partial charge in [0.15, 0.2) is 5.76 Å². The largest absolute Gasteiger partial charge is 0.459 e.